The monoisotopic (exact) mass is 706 g/mol. The highest BCUT2D eigenvalue weighted by atomic mass is 16.6. The molecule has 0 aliphatic carbocycles. The number of amides is 2. The van der Waals surface area contributed by atoms with Gasteiger partial charge in [-0.25, -0.2) is 4.79 Å². The summed E-state index contributed by atoms with van der Waals surface area (Å²) in [6.07, 6.45) is 0.0686. The first-order valence-electron chi connectivity index (χ1n) is 17.3. The molecule has 6 rings (SSSR count). The number of ether oxygens (including phenoxy) is 2. The third kappa shape index (κ3) is 9.34. The largest absolute Gasteiger partial charge is 0.506 e. The molecular formula is C40H44N5O7+. The van der Waals surface area contributed by atoms with E-state index in [1.165, 1.54) is 12.1 Å². The lowest BCUT2D eigenvalue weighted by Crippen LogP contribution is -2.48. The molecule has 1 fully saturated rings. The van der Waals surface area contributed by atoms with Crippen LogP contribution < -0.4 is 26.2 Å². The molecule has 12 heteroatoms. The summed E-state index contributed by atoms with van der Waals surface area (Å²) in [6, 6.07) is 28.3. The Morgan fingerprint density at radius 3 is 2.42 bits per heavy atom. The van der Waals surface area contributed by atoms with Gasteiger partial charge >= 0.3 is 6.09 Å². The number of carbonyl (C=O) groups is 2. The molecule has 52 heavy (non-hydrogen) atoms. The molecule has 0 bridgehead atoms. The molecule has 5 aromatic rings. The number of hydrogen-bond donors (Lipinski definition) is 6. The minimum Gasteiger partial charge on any atom is -0.506 e. The highest BCUT2D eigenvalue weighted by molar-refractivity contribution is 5.93. The zero-order valence-electron chi connectivity index (χ0n) is 29.2. The quantitative estimate of drug-likeness (QED) is 0.0924. The Morgan fingerprint density at radius 1 is 0.923 bits per heavy atom. The standard InChI is InChI=1S/C40H43N5O7/c1-45(2)20-18-29(19-21-45)52-40(50)43-34-22-30(12-13-31(34)27-6-4-3-5-7-27)51-25-38(49)42-28-10-8-26(9-11-28)23-41-24-36(47)32-14-16-35(46)39-33(32)15-17-37(48)44-39/h3-17,22,29,36,41,47H,18-21,23-25H2,1-2H3,(H3-,42,43,44,46,48,49,50)/p+1/t36-/m0/s1. The predicted molar refractivity (Wildman–Crippen MR) is 200 cm³/mol. The summed E-state index contributed by atoms with van der Waals surface area (Å²) in [5.41, 5.74) is 4.29. The van der Waals surface area contributed by atoms with Crippen LogP contribution in [0.5, 0.6) is 11.5 Å². The number of benzene rings is 4. The van der Waals surface area contributed by atoms with E-state index in [9.17, 15) is 24.6 Å². The Bertz CT molecular complexity index is 2070. The van der Waals surface area contributed by atoms with Crippen LogP contribution in [0.15, 0.2) is 102 Å². The summed E-state index contributed by atoms with van der Waals surface area (Å²) in [7, 11) is 4.35. The summed E-state index contributed by atoms with van der Waals surface area (Å²) in [5, 5.41) is 30.4. The van der Waals surface area contributed by atoms with Crippen LogP contribution in [-0.4, -0.2) is 78.1 Å². The molecule has 0 saturated carbocycles. The first-order chi connectivity index (χ1) is 25.0. The van der Waals surface area contributed by atoms with E-state index >= 15 is 0 Å². The lowest BCUT2D eigenvalue weighted by molar-refractivity contribution is -0.896. The molecule has 1 aliphatic heterocycles. The second kappa shape index (κ2) is 16.1. The van der Waals surface area contributed by atoms with Crippen molar-refractivity contribution < 1.29 is 33.8 Å². The van der Waals surface area contributed by atoms with Gasteiger partial charge in [-0.3, -0.25) is 14.9 Å². The van der Waals surface area contributed by atoms with E-state index in [1.54, 1.807) is 36.4 Å². The first kappa shape index (κ1) is 36.1. The number of aromatic nitrogens is 1. The van der Waals surface area contributed by atoms with Crippen LogP contribution in [0.4, 0.5) is 16.2 Å². The molecule has 1 atom stereocenters. The van der Waals surface area contributed by atoms with E-state index in [2.05, 4.69) is 35.0 Å². The third-order valence-electron chi connectivity index (χ3n) is 9.24. The number of hydrogen-bond acceptors (Lipinski definition) is 8. The first-order valence-corrected chi connectivity index (χ1v) is 17.3. The van der Waals surface area contributed by atoms with Crippen LogP contribution in [0.3, 0.4) is 0 Å². The van der Waals surface area contributed by atoms with Crippen molar-refractivity contribution in [3.05, 3.63) is 119 Å². The second-order valence-corrected chi connectivity index (χ2v) is 13.7. The van der Waals surface area contributed by atoms with Crippen molar-refractivity contribution in [1.29, 1.82) is 0 Å². The topological polar surface area (TPSA) is 162 Å². The Morgan fingerprint density at radius 2 is 1.67 bits per heavy atom. The summed E-state index contributed by atoms with van der Waals surface area (Å²) < 4.78 is 12.5. The van der Waals surface area contributed by atoms with Gasteiger partial charge < -0.3 is 39.8 Å². The van der Waals surface area contributed by atoms with Crippen LogP contribution in [0.2, 0.25) is 0 Å². The van der Waals surface area contributed by atoms with Crippen LogP contribution in [0.1, 0.15) is 30.1 Å². The normalized spacial score (nSPS) is 14.8. The molecule has 0 spiro atoms. The molecule has 2 amide bonds. The molecule has 0 unspecified atom stereocenters. The molecule has 0 radical (unpaired) electrons. The number of aromatic amines is 1. The summed E-state index contributed by atoms with van der Waals surface area (Å²) in [5.74, 6) is 0.00181. The number of likely N-dealkylation sites (tertiary alicyclic amines) is 1. The van der Waals surface area contributed by atoms with Gasteiger partial charge in [0, 0.05) is 54.7 Å². The number of aliphatic hydroxyl groups is 1. The molecule has 4 aromatic carbocycles. The third-order valence-corrected chi connectivity index (χ3v) is 9.24. The maximum Gasteiger partial charge on any atom is 0.411 e. The number of quaternary nitrogens is 1. The van der Waals surface area contributed by atoms with Crippen molar-refractivity contribution in [1.82, 2.24) is 10.3 Å². The number of phenols is 1. The Hall–Kier alpha value is -5.69. The average Bonchev–Trinajstić information content (AvgIpc) is 3.13. The van der Waals surface area contributed by atoms with Gasteiger partial charge in [0.15, 0.2) is 6.61 Å². The van der Waals surface area contributed by atoms with Crippen molar-refractivity contribution in [2.24, 2.45) is 0 Å². The zero-order chi connectivity index (χ0) is 36.7. The van der Waals surface area contributed by atoms with Gasteiger partial charge in [-0.05, 0) is 53.1 Å². The van der Waals surface area contributed by atoms with Gasteiger partial charge in [0.25, 0.3) is 5.91 Å². The summed E-state index contributed by atoms with van der Waals surface area (Å²) in [6.45, 7) is 2.34. The van der Waals surface area contributed by atoms with Gasteiger partial charge in [0.1, 0.15) is 17.6 Å². The van der Waals surface area contributed by atoms with Crippen LogP contribution in [0, 0.1) is 0 Å². The fraction of sp³-hybridized carbons (Fsp3) is 0.275. The van der Waals surface area contributed by atoms with E-state index in [0.29, 0.717) is 34.6 Å². The van der Waals surface area contributed by atoms with Crippen molar-refractivity contribution in [2.45, 2.75) is 31.6 Å². The lowest BCUT2D eigenvalue weighted by atomic mass is 10.0. The van der Waals surface area contributed by atoms with E-state index in [4.69, 9.17) is 9.47 Å². The molecule has 1 aromatic heterocycles. The van der Waals surface area contributed by atoms with Crippen LogP contribution >= 0.6 is 0 Å². The molecule has 12 nitrogen and oxygen atoms in total. The maximum atomic E-state index is 13.0. The summed E-state index contributed by atoms with van der Waals surface area (Å²) >= 11 is 0. The van der Waals surface area contributed by atoms with Crippen molar-refractivity contribution >= 4 is 34.3 Å². The fourth-order valence-electron chi connectivity index (χ4n) is 6.30. The number of anilines is 2. The second-order valence-electron chi connectivity index (χ2n) is 13.7. The van der Waals surface area contributed by atoms with Gasteiger partial charge in [-0.2, -0.15) is 0 Å². The van der Waals surface area contributed by atoms with Gasteiger partial charge in [-0.1, -0.05) is 48.5 Å². The van der Waals surface area contributed by atoms with E-state index < -0.39 is 12.2 Å². The minimum absolute atomic E-state index is 0.0632. The number of H-pyrrole nitrogens is 1. The van der Waals surface area contributed by atoms with E-state index in [0.717, 1.165) is 47.1 Å². The van der Waals surface area contributed by atoms with E-state index in [1.807, 2.05) is 48.5 Å². The van der Waals surface area contributed by atoms with Crippen LogP contribution in [-0.2, 0) is 16.1 Å². The van der Waals surface area contributed by atoms with Gasteiger partial charge in [0.2, 0.25) is 5.56 Å². The number of aliphatic hydroxyl groups excluding tert-OH is 1. The van der Waals surface area contributed by atoms with Gasteiger partial charge in [-0.15, -0.1) is 0 Å². The Labute approximate surface area is 301 Å². The highest BCUT2D eigenvalue weighted by Crippen LogP contribution is 2.32. The molecule has 2 heterocycles. The molecular weight excluding hydrogens is 662 g/mol. The van der Waals surface area contributed by atoms with Crippen LogP contribution in [0.25, 0.3) is 22.0 Å². The molecule has 6 N–H and O–H groups in total. The number of fused-ring (bicyclic) bond motifs is 1. The number of nitrogens with one attached hydrogen (secondary N) is 4. The molecule has 1 saturated heterocycles. The van der Waals surface area contributed by atoms with Crippen molar-refractivity contribution in [2.75, 3.05) is 51.0 Å². The summed E-state index contributed by atoms with van der Waals surface area (Å²) in [4.78, 5) is 40.1. The Kier molecular flexibility index (Phi) is 11.2. The number of pyridine rings is 1. The number of nitrogens with zero attached hydrogens (tertiary/aromatic N) is 1. The maximum absolute atomic E-state index is 13.0. The number of aromatic hydroxyl groups is 1. The fourth-order valence-corrected chi connectivity index (χ4v) is 6.30. The smallest absolute Gasteiger partial charge is 0.411 e. The number of rotatable bonds is 12. The molecule has 270 valence electrons. The van der Waals surface area contributed by atoms with Crippen molar-refractivity contribution in [3.8, 4) is 22.6 Å². The Balaban J connectivity index is 1.01. The van der Waals surface area contributed by atoms with Gasteiger partial charge in [0.05, 0.1) is 44.5 Å². The SMILES string of the molecule is C[N+]1(C)CCC(OC(=O)Nc2cc(OCC(=O)Nc3ccc(CNC[C@H](O)c4ccc(O)c5[nH]c(=O)ccc45)cc3)ccc2-c2ccccc2)CC1. The zero-order valence-corrected chi connectivity index (χ0v) is 29.2. The van der Waals surface area contributed by atoms with E-state index in [-0.39, 0.29) is 42.0 Å². The van der Waals surface area contributed by atoms with Crippen molar-refractivity contribution in [3.63, 3.8) is 0 Å². The number of piperidine rings is 1. The minimum atomic E-state index is -0.878. The highest BCUT2D eigenvalue weighted by Gasteiger charge is 2.28. The average molecular weight is 707 g/mol. The lowest BCUT2D eigenvalue weighted by Gasteiger charge is -2.36. The predicted octanol–water partition coefficient (Wildman–Crippen LogP) is 5.53. The number of carbonyl (C=O) groups excluding carboxylic acids is 2. The number of phenolic OH excluding ortho intramolecular Hbond substituents is 1. The molecule has 1 aliphatic rings.